The number of sulfonamides is 1. The molecule has 2 aromatic carbocycles. The summed E-state index contributed by atoms with van der Waals surface area (Å²) in [5, 5.41) is 8.29. The Bertz CT molecular complexity index is 757. The molecule has 112 valence electrons. The highest BCUT2D eigenvalue weighted by Gasteiger charge is 2.12. The number of rotatable bonds is 4. The van der Waals surface area contributed by atoms with Gasteiger partial charge in [0.15, 0.2) is 0 Å². The highest BCUT2D eigenvalue weighted by Crippen LogP contribution is 2.31. The van der Waals surface area contributed by atoms with Crippen LogP contribution in [0.2, 0.25) is 0 Å². The van der Waals surface area contributed by atoms with Crippen molar-refractivity contribution in [3.05, 3.63) is 42.5 Å². The van der Waals surface area contributed by atoms with Crippen LogP contribution in [0.25, 0.3) is 0 Å². The lowest BCUT2D eigenvalue weighted by Crippen LogP contribution is -2.13. The summed E-state index contributed by atoms with van der Waals surface area (Å²) < 4.78 is 22.8. The highest BCUT2D eigenvalue weighted by atomic mass is 32.2. The maximum Gasteiger partial charge on any atom is 0.238 e. The van der Waals surface area contributed by atoms with Crippen molar-refractivity contribution < 1.29 is 8.42 Å². The van der Waals surface area contributed by atoms with Crippen molar-refractivity contribution in [2.45, 2.75) is 4.90 Å². The van der Waals surface area contributed by atoms with Crippen molar-refractivity contribution >= 4 is 32.8 Å². The van der Waals surface area contributed by atoms with Crippen LogP contribution in [0.1, 0.15) is 0 Å². The van der Waals surface area contributed by atoms with E-state index in [9.17, 15) is 8.42 Å². The zero-order valence-corrected chi connectivity index (χ0v) is 12.7. The van der Waals surface area contributed by atoms with Gasteiger partial charge in [0.05, 0.1) is 27.6 Å². The predicted octanol–water partition coefficient (Wildman–Crippen LogP) is 1.73. The molecule has 0 aromatic heterocycles. The third-order valence-corrected chi connectivity index (χ3v) is 3.92. The molecule has 0 unspecified atom stereocenters. The van der Waals surface area contributed by atoms with Gasteiger partial charge in [-0.25, -0.2) is 13.6 Å². The van der Waals surface area contributed by atoms with Crippen LogP contribution in [0.5, 0.6) is 0 Å². The standard InChI is InChI=1S/C14H18N4O2S/c1-18(2)14-6-4-3-5-12(14)17-13-9-10(21(16,19)20)7-8-11(13)15/h3-9,17H,15H2,1-2H3,(H2,16,19,20). The molecule has 2 aromatic rings. The summed E-state index contributed by atoms with van der Waals surface area (Å²) in [4.78, 5) is 1.96. The molecule has 0 radical (unpaired) electrons. The second-order valence-corrected chi connectivity index (χ2v) is 6.39. The first-order valence-electron chi connectivity index (χ1n) is 6.25. The van der Waals surface area contributed by atoms with Gasteiger partial charge in [-0.2, -0.15) is 0 Å². The lowest BCUT2D eigenvalue weighted by Gasteiger charge is -2.19. The molecule has 0 heterocycles. The molecule has 0 aliphatic heterocycles. The van der Waals surface area contributed by atoms with Crippen LogP contribution < -0.4 is 21.1 Å². The maximum absolute atomic E-state index is 11.4. The van der Waals surface area contributed by atoms with E-state index < -0.39 is 10.0 Å². The van der Waals surface area contributed by atoms with Gasteiger partial charge in [-0.1, -0.05) is 12.1 Å². The van der Waals surface area contributed by atoms with Crippen molar-refractivity contribution in [3.8, 4) is 0 Å². The summed E-state index contributed by atoms with van der Waals surface area (Å²) in [6.45, 7) is 0. The number of nitrogens with one attached hydrogen (secondary N) is 1. The Kier molecular flexibility index (Phi) is 4.06. The van der Waals surface area contributed by atoms with Gasteiger partial charge in [-0.15, -0.1) is 0 Å². The number of para-hydroxylation sites is 2. The van der Waals surface area contributed by atoms with Crippen LogP contribution in [-0.4, -0.2) is 22.5 Å². The van der Waals surface area contributed by atoms with Crippen molar-refractivity contribution in [2.24, 2.45) is 5.14 Å². The lowest BCUT2D eigenvalue weighted by atomic mass is 10.2. The molecule has 0 spiro atoms. The van der Waals surface area contributed by atoms with E-state index >= 15 is 0 Å². The van der Waals surface area contributed by atoms with E-state index in [2.05, 4.69) is 5.32 Å². The molecule has 0 atom stereocenters. The fourth-order valence-corrected chi connectivity index (χ4v) is 2.47. The minimum atomic E-state index is -3.77. The van der Waals surface area contributed by atoms with Crippen LogP contribution in [0, 0.1) is 0 Å². The summed E-state index contributed by atoms with van der Waals surface area (Å²) >= 11 is 0. The molecule has 0 saturated carbocycles. The number of hydrogen-bond acceptors (Lipinski definition) is 5. The Balaban J connectivity index is 2.45. The van der Waals surface area contributed by atoms with Gasteiger partial charge in [0.25, 0.3) is 0 Å². The SMILES string of the molecule is CN(C)c1ccccc1Nc1cc(S(N)(=O)=O)ccc1N. The van der Waals surface area contributed by atoms with Crippen LogP contribution in [0.4, 0.5) is 22.7 Å². The van der Waals surface area contributed by atoms with Gasteiger partial charge < -0.3 is 16.0 Å². The fourth-order valence-electron chi connectivity index (χ4n) is 1.94. The first-order chi connectivity index (χ1) is 9.79. The first kappa shape index (κ1) is 15.1. The van der Waals surface area contributed by atoms with Crippen LogP contribution in [-0.2, 0) is 10.0 Å². The molecule has 0 aliphatic rings. The van der Waals surface area contributed by atoms with Crippen molar-refractivity contribution in [1.29, 1.82) is 0 Å². The summed E-state index contributed by atoms with van der Waals surface area (Å²) in [5.41, 5.74) is 8.61. The van der Waals surface area contributed by atoms with Crippen molar-refractivity contribution in [1.82, 2.24) is 0 Å². The summed E-state index contributed by atoms with van der Waals surface area (Å²) in [5.74, 6) is 0. The molecule has 6 nitrogen and oxygen atoms in total. The third kappa shape index (κ3) is 3.45. The van der Waals surface area contributed by atoms with Gasteiger partial charge in [-0.05, 0) is 30.3 Å². The largest absolute Gasteiger partial charge is 0.397 e. The molecule has 0 amide bonds. The Hall–Kier alpha value is -2.25. The monoisotopic (exact) mass is 306 g/mol. The number of primary sulfonamides is 1. The first-order valence-corrected chi connectivity index (χ1v) is 7.79. The molecule has 0 bridgehead atoms. The van der Waals surface area contributed by atoms with Crippen LogP contribution in [0.3, 0.4) is 0 Å². The number of nitrogens with two attached hydrogens (primary N) is 2. The minimum Gasteiger partial charge on any atom is -0.397 e. The quantitative estimate of drug-likeness (QED) is 0.747. The summed E-state index contributed by atoms with van der Waals surface area (Å²) in [6.07, 6.45) is 0. The number of hydrogen-bond donors (Lipinski definition) is 3. The van der Waals surface area contributed by atoms with E-state index in [0.717, 1.165) is 11.4 Å². The molecular formula is C14H18N4O2S. The minimum absolute atomic E-state index is 0.0153. The summed E-state index contributed by atoms with van der Waals surface area (Å²) in [6, 6.07) is 12.0. The maximum atomic E-state index is 11.4. The normalized spacial score (nSPS) is 11.2. The molecule has 21 heavy (non-hydrogen) atoms. The van der Waals surface area contributed by atoms with Crippen molar-refractivity contribution in [3.63, 3.8) is 0 Å². The van der Waals surface area contributed by atoms with Gasteiger partial charge in [0, 0.05) is 14.1 Å². The van der Waals surface area contributed by atoms with Gasteiger partial charge in [0.2, 0.25) is 10.0 Å². The molecule has 0 saturated heterocycles. The van der Waals surface area contributed by atoms with E-state index in [-0.39, 0.29) is 4.90 Å². The van der Waals surface area contributed by atoms with Crippen LogP contribution >= 0.6 is 0 Å². The second kappa shape index (κ2) is 5.63. The average Bonchev–Trinajstić information content (AvgIpc) is 2.40. The van der Waals surface area contributed by atoms with Gasteiger partial charge in [0.1, 0.15) is 0 Å². The zero-order chi connectivity index (χ0) is 15.6. The highest BCUT2D eigenvalue weighted by molar-refractivity contribution is 7.89. The Morgan fingerprint density at radius 3 is 2.33 bits per heavy atom. The number of benzene rings is 2. The lowest BCUT2D eigenvalue weighted by molar-refractivity contribution is 0.598. The summed E-state index contributed by atoms with van der Waals surface area (Å²) in [7, 11) is 0.0757. The smallest absolute Gasteiger partial charge is 0.238 e. The van der Waals surface area contributed by atoms with E-state index in [1.165, 1.54) is 18.2 Å². The Morgan fingerprint density at radius 1 is 1.05 bits per heavy atom. The number of nitrogens with zero attached hydrogens (tertiary/aromatic N) is 1. The van der Waals surface area contributed by atoms with Gasteiger partial charge in [-0.3, -0.25) is 0 Å². The van der Waals surface area contributed by atoms with E-state index in [1.807, 2.05) is 43.3 Å². The predicted molar refractivity (Wildman–Crippen MR) is 86.3 cm³/mol. The zero-order valence-electron chi connectivity index (χ0n) is 11.9. The molecule has 0 aliphatic carbocycles. The number of nitrogen functional groups attached to an aromatic ring is 1. The van der Waals surface area contributed by atoms with E-state index in [0.29, 0.717) is 11.4 Å². The van der Waals surface area contributed by atoms with E-state index in [4.69, 9.17) is 10.9 Å². The van der Waals surface area contributed by atoms with Crippen molar-refractivity contribution in [2.75, 3.05) is 30.0 Å². The second-order valence-electron chi connectivity index (χ2n) is 4.83. The molecule has 0 fully saturated rings. The fraction of sp³-hybridized carbons (Fsp3) is 0.143. The Labute approximate surface area is 124 Å². The Morgan fingerprint density at radius 2 is 1.71 bits per heavy atom. The molecule has 7 heteroatoms. The van der Waals surface area contributed by atoms with Gasteiger partial charge >= 0.3 is 0 Å². The molecule has 2 rings (SSSR count). The molecular weight excluding hydrogens is 288 g/mol. The topological polar surface area (TPSA) is 101 Å². The van der Waals surface area contributed by atoms with Crippen LogP contribution in [0.15, 0.2) is 47.4 Å². The molecule has 5 N–H and O–H groups in total. The average molecular weight is 306 g/mol. The number of anilines is 4. The third-order valence-electron chi connectivity index (χ3n) is 3.01. The van der Waals surface area contributed by atoms with E-state index in [1.54, 1.807) is 0 Å².